The number of alkyl carbamates (subject to hydrolysis) is 1. The molecule has 18 heavy (non-hydrogen) atoms. The van der Waals surface area contributed by atoms with Crippen LogP contribution in [-0.2, 0) is 9.53 Å². The fourth-order valence-electron chi connectivity index (χ4n) is 1.68. The zero-order valence-corrected chi connectivity index (χ0v) is 11.1. The molecule has 1 amide bonds. The summed E-state index contributed by atoms with van der Waals surface area (Å²) in [6, 6.07) is 0. The molecule has 100 valence electrons. The molecule has 1 aliphatic rings. The average molecular weight is 251 g/mol. The largest absolute Gasteiger partial charge is 0.431 e. The zero-order valence-electron chi connectivity index (χ0n) is 11.1. The van der Waals surface area contributed by atoms with Gasteiger partial charge < -0.3 is 10.1 Å². The Morgan fingerprint density at radius 2 is 2.11 bits per heavy atom. The van der Waals surface area contributed by atoms with Crippen molar-refractivity contribution in [2.75, 3.05) is 6.54 Å². The van der Waals surface area contributed by atoms with Crippen LogP contribution in [0.5, 0.6) is 0 Å². The maximum Gasteiger partial charge on any atom is 0.408 e. The van der Waals surface area contributed by atoms with E-state index in [1.807, 2.05) is 0 Å². The molecule has 0 aromatic carbocycles. The molecule has 0 spiro atoms. The third-order valence-corrected chi connectivity index (χ3v) is 2.87. The SMILES string of the molecule is CCCCCCNC(=O)OC1(C)C=CC=CC1=O. The van der Waals surface area contributed by atoms with Gasteiger partial charge in [0.05, 0.1) is 0 Å². The van der Waals surface area contributed by atoms with E-state index in [-0.39, 0.29) is 5.78 Å². The van der Waals surface area contributed by atoms with E-state index < -0.39 is 11.7 Å². The molecule has 1 atom stereocenters. The molecule has 0 aromatic heterocycles. The highest BCUT2D eigenvalue weighted by Crippen LogP contribution is 2.18. The van der Waals surface area contributed by atoms with E-state index in [4.69, 9.17) is 4.74 Å². The van der Waals surface area contributed by atoms with Gasteiger partial charge in [0, 0.05) is 6.54 Å². The lowest BCUT2D eigenvalue weighted by Crippen LogP contribution is -2.42. The van der Waals surface area contributed by atoms with Gasteiger partial charge in [0.15, 0.2) is 5.60 Å². The summed E-state index contributed by atoms with van der Waals surface area (Å²) >= 11 is 0. The average Bonchev–Trinajstić information content (AvgIpc) is 2.33. The lowest BCUT2D eigenvalue weighted by Gasteiger charge is -2.24. The molecule has 1 unspecified atom stereocenters. The van der Waals surface area contributed by atoms with Crippen molar-refractivity contribution >= 4 is 11.9 Å². The predicted octanol–water partition coefficient (Wildman–Crippen LogP) is 2.75. The first-order chi connectivity index (χ1) is 8.58. The molecule has 4 heteroatoms. The Morgan fingerprint density at radius 3 is 2.78 bits per heavy atom. The number of unbranched alkanes of at least 4 members (excludes halogenated alkanes) is 3. The van der Waals surface area contributed by atoms with Crippen LogP contribution in [0.2, 0.25) is 0 Å². The Balaban J connectivity index is 2.29. The smallest absolute Gasteiger partial charge is 0.408 e. The molecule has 0 fully saturated rings. The standard InChI is InChI=1S/C14H21NO3/c1-3-4-5-8-11-15-13(17)18-14(2)10-7-6-9-12(14)16/h6-7,9-10H,3-5,8,11H2,1-2H3,(H,15,17). The zero-order chi connectivity index (χ0) is 13.4. The molecule has 4 nitrogen and oxygen atoms in total. The van der Waals surface area contributed by atoms with Crippen LogP contribution >= 0.6 is 0 Å². The van der Waals surface area contributed by atoms with Crippen LogP contribution in [0, 0.1) is 0 Å². The van der Waals surface area contributed by atoms with E-state index in [0.29, 0.717) is 6.54 Å². The van der Waals surface area contributed by atoms with Gasteiger partial charge in [0.1, 0.15) is 0 Å². The summed E-state index contributed by atoms with van der Waals surface area (Å²) in [7, 11) is 0. The number of hydrogen-bond donors (Lipinski definition) is 1. The van der Waals surface area contributed by atoms with Crippen LogP contribution in [0.1, 0.15) is 39.5 Å². The van der Waals surface area contributed by atoms with Gasteiger partial charge in [-0.2, -0.15) is 0 Å². The molecule has 0 saturated heterocycles. The number of rotatable bonds is 6. The Hall–Kier alpha value is -1.58. The van der Waals surface area contributed by atoms with Gasteiger partial charge in [-0.25, -0.2) is 4.79 Å². The normalized spacial score (nSPS) is 22.0. The van der Waals surface area contributed by atoms with Crippen molar-refractivity contribution in [2.24, 2.45) is 0 Å². The fraction of sp³-hybridized carbons (Fsp3) is 0.571. The van der Waals surface area contributed by atoms with E-state index >= 15 is 0 Å². The minimum Gasteiger partial charge on any atom is -0.431 e. The van der Waals surface area contributed by atoms with E-state index in [1.54, 1.807) is 25.2 Å². The maximum atomic E-state index is 11.6. The van der Waals surface area contributed by atoms with Crippen LogP contribution in [0.4, 0.5) is 4.79 Å². The summed E-state index contributed by atoms with van der Waals surface area (Å²) in [6.07, 6.45) is 10.2. The predicted molar refractivity (Wildman–Crippen MR) is 70.3 cm³/mol. The van der Waals surface area contributed by atoms with Gasteiger partial charge >= 0.3 is 6.09 Å². The van der Waals surface area contributed by atoms with E-state index in [1.165, 1.54) is 12.5 Å². The number of ether oxygens (including phenoxy) is 1. The number of carbonyl (C=O) groups excluding carboxylic acids is 2. The van der Waals surface area contributed by atoms with Crippen molar-refractivity contribution in [3.63, 3.8) is 0 Å². The summed E-state index contributed by atoms with van der Waals surface area (Å²) in [5.74, 6) is -0.217. The molecular formula is C14H21NO3. The highest BCUT2D eigenvalue weighted by atomic mass is 16.6. The number of carbonyl (C=O) groups is 2. The summed E-state index contributed by atoms with van der Waals surface area (Å²) < 4.78 is 5.16. The van der Waals surface area contributed by atoms with Gasteiger partial charge in [-0.3, -0.25) is 4.79 Å². The van der Waals surface area contributed by atoms with Crippen LogP contribution in [0.25, 0.3) is 0 Å². The Kier molecular flexibility index (Phi) is 5.62. The summed E-state index contributed by atoms with van der Waals surface area (Å²) in [6.45, 7) is 4.31. The number of hydrogen-bond acceptors (Lipinski definition) is 3. The molecule has 0 bridgehead atoms. The van der Waals surface area contributed by atoms with Gasteiger partial charge in [-0.15, -0.1) is 0 Å². The number of ketones is 1. The van der Waals surface area contributed by atoms with Crippen LogP contribution in [-0.4, -0.2) is 24.0 Å². The third-order valence-electron chi connectivity index (χ3n) is 2.87. The fourth-order valence-corrected chi connectivity index (χ4v) is 1.68. The minimum atomic E-state index is -1.16. The van der Waals surface area contributed by atoms with Gasteiger partial charge in [0.2, 0.25) is 5.78 Å². The quantitative estimate of drug-likeness (QED) is 0.738. The van der Waals surface area contributed by atoms with Crippen molar-refractivity contribution in [2.45, 2.75) is 45.1 Å². The van der Waals surface area contributed by atoms with Gasteiger partial charge in [-0.05, 0) is 25.5 Å². The van der Waals surface area contributed by atoms with E-state index in [0.717, 1.165) is 19.3 Å². The summed E-state index contributed by atoms with van der Waals surface area (Å²) in [4.78, 5) is 23.2. The maximum absolute atomic E-state index is 11.6. The molecule has 0 radical (unpaired) electrons. The summed E-state index contributed by atoms with van der Waals surface area (Å²) in [5, 5.41) is 2.66. The highest BCUT2D eigenvalue weighted by Gasteiger charge is 2.33. The minimum absolute atomic E-state index is 0.217. The molecule has 1 N–H and O–H groups in total. The molecule has 1 aliphatic carbocycles. The van der Waals surface area contributed by atoms with Crippen LogP contribution < -0.4 is 5.32 Å². The highest BCUT2D eigenvalue weighted by molar-refractivity contribution is 6.00. The number of nitrogens with one attached hydrogen (secondary N) is 1. The Bertz CT molecular complexity index is 360. The molecular weight excluding hydrogens is 230 g/mol. The first kappa shape index (κ1) is 14.5. The van der Waals surface area contributed by atoms with Crippen molar-refractivity contribution < 1.29 is 14.3 Å². The Morgan fingerprint density at radius 1 is 1.33 bits per heavy atom. The topological polar surface area (TPSA) is 55.4 Å². The van der Waals surface area contributed by atoms with Gasteiger partial charge in [0.25, 0.3) is 0 Å². The molecule has 0 saturated carbocycles. The van der Waals surface area contributed by atoms with E-state index in [9.17, 15) is 9.59 Å². The third kappa shape index (κ3) is 4.35. The number of allylic oxidation sites excluding steroid dienone is 2. The Labute approximate surface area is 108 Å². The lowest BCUT2D eigenvalue weighted by atomic mass is 9.96. The summed E-state index contributed by atoms with van der Waals surface area (Å²) in [5.41, 5.74) is -1.16. The van der Waals surface area contributed by atoms with E-state index in [2.05, 4.69) is 12.2 Å². The first-order valence-electron chi connectivity index (χ1n) is 6.45. The molecule has 0 aromatic rings. The second-order valence-corrected chi connectivity index (χ2v) is 4.57. The van der Waals surface area contributed by atoms with Crippen molar-refractivity contribution in [1.29, 1.82) is 0 Å². The van der Waals surface area contributed by atoms with Crippen molar-refractivity contribution in [3.05, 3.63) is 24.3 Å². The second-order valence-electron chi connectivity index (χ2n) is 4.57. The number of amides is 1. The van der Waals surface area contributed by atoms with Crippen LogP contribution in [0.15, 0.2) is 24.3 Å². The lowest BCUT2D eigenvalue weighted by molar-refractivity contribution is -0.127. The molecule has 0 aliphatic heterocycles. The van der Waals surface area contributed by atoms with Crippen molar-refractivity contribution in [3.8, 4) is 0 Å². The van der Waals surface area contributed by atoms with Crippen LogP contribution in [0.3, 0.4) is 0 Å². The van der Waals surface area contributed by atoms with Crippen molar-refractivity contribution in [1.82, 2.24) is 5.32 Å². The van der Waals surface area contributed by atoms with Gasteiger partial charge in [-0.1, -0.05) is 38.3 Å². The molecule has 1 rings (SSSR count). The molecule has 0 heterocycles. The first-order valence-corrected chi connectivity index (χ1v) is 6.45. The second kappa shape index (κ2) is 6.99. The monoisotopic (exact) mass is 251 g/mol.